The summed E-state index contributed by atoms with van der Waals surface area (Å²) in [5.74, 6) is 1.62. The number of ether oxygens (including phenoxy) is 1. The van der Waals surface area contributed by atoms with Crippen molar-refractivity contribution < 1.29 is 4.74 Å². The Morgan fingerprint density at radius 2 is 2.09 bits per heavy atom. The fourth-order valence-electron chi connectivity index (χ4n) is 2.19. The highest BCUT2D eigenvalue weighted by Crippen LogP contribution is 2.30. The molecule has 0 spiro atoms. The number of morpholine rings is 1. The van der Waals surface area contributed by atoms with Crippen LogP contribution >= 0.6 is 11.8 Å². The molecule has 2 aliphatic rings. The van der Waals surface area contributed by atoms with Crippen molar-refractivity contribution >= 4 is 23.3 Å². The van der Waals surface area contributed by atoms with Crippen LogP contribution in [-0.4, -0.2) is 41.3 Å². The first-order chi connectivity index (χ1) is 10.7. The summed E-state index contributed by atoms with van der Waals surface area (Å²) in [6.45, 7) is 6.57. The van der Waals surface area contributed by atoms with E-state index in [1.807, 2.05) is 19.3 Å². The number of hydrogen-bond acceptors (Lipinski definition) is 8. The number of nitriles is 1. The lowest BCUT2D eigenvalue weighted by molar-refractivity contribution is 0.122. The summed E-state index contributed by atoms with van der Waals surface area (Å²) in [5.41, 5.74) is 1.45. The van der Waals surface area contributed by atoms with E-state index in [0.29, 0.717) is 36.4 Å². The Bertz CT molecular complexity index is 687. The standard InChI is InChI=1S/C14H16N6OS/c1-9-8-22-13(16-9)11(7-15)12-17-10(2)18-14(19-12)20-3-5-21-6-4-20/h8,16H,3-6H2,1-2H3/b13-11-. The molecule has 2 aliphatic heterocycles. The van der Waals surface area contributed by atoms with Gasteiger partial charge in [0.1, 0.15) is 17.5 Å². The number of nitrogens with one attached hydrogen (secondary N) is 1. The molecule has 0 atom stereocenters. The first-order valence-corrected chi connectivity index (χ1v) is 7.86. The molecule has 0 aromatic carbocycles. The molecule has 1 aromatic heterocycles. The summed E-state index contributed by atoms with van der Waals surface area (Å²) in [5, 5.41) is 15.4. The zero-order valence-corrected chi connectivity index (χ0v) is 13.3. The van der Waals surface area contributed by atoms with E-state index in [1.54, 1.807) is 0 Å². The number of thioether (sulfide) groups is 1. The van der Waals surface area contributed by atoms with Crippen LogP contribution in [0.2, 0.25) is 0 Å². The molecule has 0 aliphatic carbocycles. The van der Waals surface area contributed by atoms with Gasteiger partial charge in [-0.2, -0.15) is 15.2 Å². The van der Waals surface area contributed by atoms with Gasteiger partial charge in [0.2, 0.25) is 5.95 Å². The Hall–Kier alpha value is -2.11. The van der Waals surface area contributed by atoms with E-state index in [-0.39, 0.29) is 0 Å². The number of allylic oxidation sites excluding steroid dienone is 2. The minimum absolute atomic E-state index is 0.412. The van der Waals surface area contributed by atoms with Gasteiger partial charge in [0.25, 0.3) is 0 Å². The third kappa shape index (κ3) is 3.05. The van der Waals surface area contributed by atoms with Crippen LogP contribution in [0.25, 0.3) is 5.57 Å². The third-order valence-electron chi connectivity index (χ3n) is 3.26. The maximum Gasteiger partial charge on any atom is 0.229 e. The number of aromatic nitrogens is 3. The first kappa shape index (κ1) is 14.8. The number of anilines is 1. The molecule has 0 saturated carbocycles. The molecule has 1 aromatic rings. The second-order valence-corrected chi connectivity index (χ2v) is 5.84. The quantitative estimate of drug-likeness (QED) is 0.820. The van der Waals surface area contributed by atoms with Gasteiger partial charge >= 0.3 is 0 Å². The van der Waals surface area contributed by atoms with Crippen LogP contribution < -0.4 is 10.2 Å². The topological polar surface area (TPSA) is 87.0 Å². The van der Waals surface area contributed by atoms with Gasteiger partial charge in [0, 0.05) is 18.8 Å². The van der Waals surface area contributed by atoms with Crippen LogP contribution in [0.4, 0.5) is 5.95 Å². The van der Waals surface area contributed by atoms with Crippen molar-refractivity contribution in [3.05, 3.63) is 27.8 Å². The summed E-state index contributed by atoms with van der Waals surface area (Å²) >= 11 is 1.48. The van der Waals surface area contributed by atoms with E-state index in [2.05, 4.69) is 31.2 Å². The Labute approximate surface area is 133 Å². The lowest BCUT2D eigenvalue weighted by atomic mass is 10.3. The van der Waals surface area contributed by atoms with Crippen LogP contribution in [0.3, 0.4) is 0 Å². The average Bonchev–Trinajstić information content (AvgIpc) is 2.95. The summed E-state index contributed by atoms with van der Waals surface area (Å²) in [6.07, 6.45) is 0. The molecule has 22 heavy (non-hydrogen) atoms. The SMILES string of the molecule is CC1=CS/C(=C(/C#N)c2nc(C)nc(N3CCOCC3)n2)N1. The molecular formula is C14H16N6OS. The van der Waals surface area contributed by atoms with E-state index >= 15 is 0 Å². The fraction of sp³-hybridized carbons (Fsp3) is 0.429. The van der Waals surface area contributed by atoms with Gasteiger partial charge in [-0.1, -0.05) is 11.8 Å². The van der Waals surface area contributed by atoms with Gasteiger partial charge in [0.05, 0.1) is 18.2 Å². The van der Waals surface area contributed by atoms with Gasteiger partial charge < -0.3 is 15.0 Å². The molecule has 7 nitrogen and oxygen atoms in total. The zero-order valence-electron chi connectivity index (χ0n) is 12.5. The smallest absolute Gasteiger partial charge is 0.229 e. The number of rotatable bonds is 2. The van der Waals surface area contributed by atoms with Crippen LogP contribution in [0.1, 0.15) is 18.6 Å². The first-order valence-electron chi connectivity index (χ1n) is 6.98. The molecule has 3 heterocycles. The van der Waals surface area contributed by atoms with Crippen LogP contribution in [0.15, 0.2) is 16.1 Å². The number of nitrogens with zero attached hydrogens (tertiary/aromatic N) is 5. The van der Waals surface area contributed by atoms with Crippen molar-refractivity contribution in [1.82, 2.24) is 20.3 Å². The minimum atomic E-state index is 0.412. The van der Waals surface area contributed by atoms with Crippen molar-refractivity contribution in [3.63, 3.8) is 0 Å². The molecule has 1 N–H and O–H groups in total. The fourth-order valence-corrected chi connectivity index (χ4v) is 3.02. The van der Waals surface area contributed by atoms with E-state index < -0.39 is 0 Å². The van der Waals surface area contributed by atoms with Crippen molar-refractivity contribution in [3.8, 4) is 6.07 Å². The second-order valence-electron chi connectivity index (χ2n) is 4.97. The average molecular weight is 316 g/mol. The summed E-state index contributed by atoms with van der Waals surface area (Å²) in [4.78, 5) is 15.3. The highest BCUT2D eigenvalue weighted by atomic mass is 32.2. The van der Waals surface area contributed by atoms with Gasteiger partial charge in [-0.05, 0) is 19.3 Å². The Morgan fingerprint density at radius 3 is 2.73 bits per heavy atom. The predicted molar refractivity (Wildman–Crippen MR) is 84.6 cm³/mol. The Morgan fingerprint density at radius 1 is 1.32 bits per heavy atom. The van der Waals surface area contributed by atoms with E-state index in [4.69, 9.17) is 4.74 Å². The molecule has 8 heteroatoms. The molecule has 0 bridgehead atoms. The summed E-state index contributed by atoms with van der Waals surface area (Å²) in [7, 11) is 0. The lowest BCUT2D eigenvalue weighted by Gasteiger charge is -2.26. The number of aryl methyl sites for hydroxylation is 1. The normalized spacial score (nSPS) is 20.2. The van der Waals surface area contributed by atoms with E-state index in [1.165, 1.54) is 11.8 Å². The van der Waals surface area contributed by atoms with E-state index in [0.717, 1.165) is 23.8 Å². The summed E-state index contributed by atoms with van der Waals surface area (Å²) in [6, 6.07) is 2.21. The third-order valence-corrected chi connectivity index (χ3v) is 4.27. The Balaban J connectivity index is 1.97. The molecule has 0 amide bonds. The second kappa shape index (κ2) is 6.34. The van der Waals surface area contributed by atoms with Crippen molar-refractivity contribution in [2.24, 2.45) is 0 Å². The molecule has 1 fully saturated rings. The molecule has 1 saturated heterocycles. The van der Waals surface area contributed by atoms with Gasteiger partial charge in [0.15, 0.2) is 5.82 Å². The van der Waals surface area contributed by atoms with Crippen molar-refractivity contribution in [1.29, 1.82) is 5.26 Å². The van der Waals surface area contributed by atoms with Gasteiger partial charge in [-0.25, -0.2) is 4.98 Å². The van der Waals surface area contributed by atoms with Crippen LogP contribution in [0.5, 0.6) is 0 Å². The monoisotopic (exact) mass is 316 g/mol. The van der Waals surface area contributed by atoms with E-state index in [9.17, 15) is 5.26 Å². The van der Waals surface area contributed by atoms with Gasteiger partial charge in [-0.15, -0.1) is 0 Å². The zero-order chi connectivity index (χ0) is 15.5. The molecule has 3 rings (SSSR count). The maximum atomic E-state index is 9.50. The molecule has 0 radical (unpaired) electrons. The lowest BCUT2D eigenvalue weighted by Crippen LogP contribution is -2.37. The predicted octanol–water partition coefficient (Wildman–Crippen LogP) is 1.41. The number of hydrogen-bond donors (Lipinski definition) is 1. The largest absolute Gasteiger partial charge is 0.378 e. The van der Waals surface area contributed by atoms with Crippen molar-refractivity contribution in [2.45, 2.75) is 13.8 Å². The molecular weight excluding hydrogens is 300 g/mol. The highest BCUT2D eigenvalue weighted by Gasteiger charge is 2.20. The van der Waals surface area contributed by atoms with Gasteiger partial charge in [-0.3, -0.25) is 0 Å². The van der Waals surface area contributed by atoms with Crippen LogP contribution in [0, 0.1) is 18.3 Å². The molecule has 0 unspecified atom stereocenters. The van der Waals surface area contributed by atoms with Crippen LogP contribution in [-0.2, 0) is 4.74 Å². The summed E-state index contributed by atoms with van der Waals surface area (Å²) < 4.78 is 5.35. The Kier molecular flexibility index (Phi) is 4.27. The highest BCUT2D eigenvalue weighted by molar-refractivity contribution is 8.06. The minimum Gasteiger partial charge on any atom is -0.378 e. The molecule has 114 valence electrons. The van der Waals surface area contributed by atoms with Crippen molar-refractivity contribution in [2.75, 3.05) is 31.2 Å². The maximum absolute atomic E-state index is 9.50.